The molecule has 0 spiro atoms. The maximum Gasteiger partial charge on any atom is 0.144 e. The molecule has 218 valence electrons. The maximum atomic E-state index is 11.0. The number of hydrogen-bond acceptors (Lipinski definition) is 5. The summed E-state index contributed by atoms with van der Waals surface area (Å²) in [6, 6.07) is 0. The lowest BCUT2D eigenvalue weighted by Crippen LogP contribution is -2.61. The predicted molar refractivity (Wildman–Crippen MR) is 152 cm³/mol. The molecule has 36 heavy (non-hydrogen) atoms. The largest absolute Gasteiger partial charge is 0.394 e. The van der Waals surface area contributed by atoms with Crippen LogP contribution < -0.4 is 0 Å². The highest BCUT2D eigenvalue weighted by molar-refractivity contribution is 4.98. The van der Waals surface area contributed by atoms with Crippen LogP contribution in [0.4, 0.5) is 0 Å². The zero-order chi connectivity index (χ0) is 26.9. The van der Waals surface area contributed by atoms with Gasteiger partial charge in [0, 0.05) is 0 Å². The van der Waals surface area contributed by atoms with Crippen LogP contribution >= 0.6 is 0 Å². The molecule has 0 fully saturated rings. The zero-order valence-electron chi connectivity index (χ0n) is 24.1. The topological polar surface area (TPSA) is 101 Å². The van der Waals surface area contributed by atoms with E-state index in [4.69, 9.17) is 0 Å². The van der Waals surface area contributed by atoms with Crippen LogP contribution in [0.1, 0.15) is 168 Å². The van der Waals surface area contributed by atoms with E-state index in [2.05, 4.69) is 13.8 Å². The second-order valence-electron chi connectivity index (χ2n) is 11.3. The van der Waals surface area contributed by atoms with E-state index in [-0.39, 0.29) is 0 Å². The standard InChI is InChI=1S/C31H64O5/c1-3-5-7-9-11-13-15-17-19-21-23-25-28(33)31(36,30(35)27-32)29(34)26-24-22-20-18-16-14-12-10-8-6-4-2/h28-30,32-36H,3-27H2,1-2H3. The van der Waals surface area contributed by atoms with Gasteiger partial charge in [-0.1, -0.05) is 155 Å². The molecular weight excluding hydrogens is 452 g/mol. The minimum Gasteiger partial charge on any atom is -0.394 e. The quantitative estimate of drug-likeness (QED) is 0.0708. The minimum atomic E-state index is -2.08. The highest BCUT2D eigenvalue weighted by Gasteiger charge is 2.47. The summed E-state index contributed by atoms with van der Waals surface area (Å²) >= 11 is 0. The van der Waals surface area contributed by atoms with Gasteiger partial charge in [-0.15, -0.1) is 0 Å². The molecule has 0 aromatic rings. The molecule has 0 radical (unpaired) electrons. The minimum absolute atomic E-state index is 0.319. The smallest absolute Gasteiger partial charge is 0.144 e. The van der Waals surface area contributed by atoms with Crippen molar-refractivity contribution < 1.29 is 25.5 Å². The molecule has 0 aliphatic carbocycles. The summed E-state index contributed by atoms with van der Waals surface area (Å²) in [5.41, 5.74) is -2.08. The Bertz CT molecular complexity index is 413. The monoisotopic (exact) mass is 516 g/mol. The van der Waals surface area contributed by atoms with E-state index in [9.17, 15) is 25.5 Å². The number of hydrogen-bond donors (Lipinski definition) is 5. The number of unbranched alkanes of at least 4 members (excludes halogenated alkanes) is 20. The van der Waals surface area contributed by atoms with Crippen molar-refractivity contribution in [3.05, 3.63) is 0 Å². The zero-order valence-corrected chi connectivity index (χ0v) is 24.1. The molecule has 0 saturated heterocycles. The molecule has 0 rings (SSSR count). The van der Waals surface area contributed by atoms with Gasteiger partial charge in [-0.25, -0.2) is 0 Å². The summed E-state index contributed by atoms with van der Waals surface area (Å²) in [6.07, 6.45) is 22.9. The van der Waals surface area contributed by atoms with Gasteiger partial charge in [0.25, 0.3) is 0 Å². The van der Waals surface area contributed by atoms with Crippen molar-refractivity contribution in [3.63, 3.8) is 0 Å². The van der Waals surface area contributed by atoms with Gasteiger partial charge in [-0.3, -0.25) is 0 Å². The molecule has 5 heteroatoms. The summed E-state index contributed by atoms with van der Waals surface area (Å²) in [6.45, 7) is 3.80. The summed E-state index contributed by atoms with van der Waals surface area (Å²) in [7, 11) is 0. The number of aliphatic hydroxyl groups excluding tert-OH is 4. The summed E-state index contributed by atoms with van der Waals surface area (Å²) in [5.74, 6) is 0. The first-order valence-electron chi connectivity index (χ1n) is 15.8. The molecule has 3 unspecified atom stereocenters. The van der Waals surface area contributed by atoms with Gasteiger partial charge >= 0.3 is 0 Å². The highest BCUT2D eigenvalue weighted by atomic mass is 16.4. The van der Waals surface area contributed by atoms with Crippen LogP contribution in [0.2, 0.25) is 0 Å². The van der Waals surface area contributed by atoms with Crippen molar-refractivity contribution in [2.45, 2.75) is 192 Å². The molecule has 0 saturated carbocycles. The van der Waals surface area contributed by atoms with Crippen LogP contribution in [0, 0.1) is 0 Å². The summed E-state index contributed by atoms with van der Waals surface area (Å²) < 4.78 is 0. The Morgan fingerprint density at radius 3 is 0.917 bits per heavy atom. The molecule has 0 amide bonds. The van der Waals surface area contributed by atoms with Crippen LogP contribution in [-0.4, -0.2) is 56.1 Å². The summed E-state index contributed by atoms with van der Waals surface area (Å²) in [5, 5.41) is 52.1. The highest BCUT2D eigenvalue weighted by Crippen LogP contribution is 2.28. The van der Waals surface area contributed by atoms with Crippen molar-refractivity contribution in [1.29, 1.82) is 0 Å². The molecule has 0 aromatic heterocycles. The lowest BCUT2D eigenvalue weighted by molar-refractivity contribution is -0.211. The van der Waals surface area contributed by atoms with Gasteiger partial charge < -0.3 is 25.5 Å². The SMILES string of the molecule is CCCCCCCCCCCCCC(O)C(O)(C(O)CO)C(O)CCCCCCCCCCCCC. The fraction of sp³-hybridized carbons (Fsp3) is 1.00. The van der Waals surface area contributed by atoms with Crippen molar-refractivity contribution in [2.24, 2.45) is 0 Å². The third-order valence-corrected chi connectivity index (χ3v) is 7.94. The third kappa shape index (κ3) is 17.3. The van der Waals surface area contributed by atoms with Gasteiger partial charge in [0.1, 0.15) is 11.7 Å². The van der Waals surface area contributed by atoms with Crippen molar-refractivity contribution >= 4 is 0 Å². The Morgan fingerprint density at radius 1 is 0.417 bits per heavy atom. The Balaban J connectivity index is 4.07. The van der Waals surface area contributed by atoms with E-state index in [1.807, 2.05) is 0 Å². The van der Waals surface area contributed by atoms with E-state index in [1.54, 1.807) is 0 Å². The molecular formula is C31H64O5. The average Bonchev–Trinajstić information content (AvgIpc) is 2.88. The normalized spacial score (nSPS) is 16.1. The number of rotatable bonds is 28. The van der Waals surface area contributed by atoms with E-state index in [0.717, 1.165) is 38.5 Å². The van der Waals surface area contributed by atoms with Gasteiger partial charge in [0.05, 0.1) is 18.8 Å². The molecule has 0 aliphatic heterocycles. The van der Waals surface area contributed by atoms with Crippen molar-refractivity contribution in [2.75, 3.05) is 6.61 Å². The van der Waals surface area contributed by atoms with E-state index >= 15 is 0 Å². The van der Waals surface area contributed by atoms with Crippen molar-refractivity contribution in [3.8, 4) is 0 Å². The lowest BCUT2D eigenvalue weighted by Gasteiger charge is -2.40. The van der Waals surface area contributed by atoms with Crippen LogP contribution in [0.25, 0.3) is 0 Å². The Kier molecular flexibility index (Phi) is 25.0. The third-order valence-electron chi connectivity index (χ3n) is 7.94. The molecule has 0 bridgehead atoms. The van der Waals surface area contributed by atoms with Crippen LogP contribution in [0.5, 0.6) is 0 Å². The molecule has 5 nitrogen and oxygen atoms in total. The van der Waals surface area contributed by atoms with Crippen LogP contribution in [0.15, 0.2) is 0 Å². The second kappa shape index (κ2) is 25.1. The summed E-state index contributed by atoms with van der Waals surface area (Å²) in [4.78, 5) is 0. The van der Waals surface area contributed by atoms with Gasteiger partial charge in [0.2, 0.25) is 0 Å². The average molecular weight is 517 g/mol. The van der Waals surface area contributed by atoms with Gasteiger partial charge in [0.15, 0.2) is 0 Å². The van der Waals surface area contributed by atoms with E-state index in [0.29, 0.717) is 12.8 Å². The Hall–Kier alpha value is -0.200. The first kappa shape index (κ1) is 35.8. The lowest BCUT2D eigenvalue weighted by atomic mass is 9.80. The van der Waals surface area contributed by atoms with Crippen molar-refractivity contribution in [1.82, 2.24) is 0 Å². The maximum absolute atomic E-state index is 11.0. The molecule has 0 heterocycles. The van der Waals surface area contributed by atoms with Gasteiger partial charge in [-0.2, -0.15) is 0 Å². The first-order chi connectivity index (χ1) is 17.4. The van der Waals surface area contributed by atoms with Gasteiger partial charge in [-0.05, 0) is 12.8 Å². The first-order valence-corrected chi connectivity index (χ1v) is 15.8. The van der Waals surface area contributed by atoms with Crippen LogP contribution in [0.3, 0.4) is 0 Å². The Labute approximate surface area is 224 Å². The van der Waals surface area contributed by atoms with E-state index in [1.165, 1.54) is 103 Å². The Morgan fingerprint density at radius 2 is 0.667 bits per heavy atom. The number of aliphatic hydroxyl groups is 5. The fourth-order valence-electron chi connectivity index (χ4n) is 5.28. The predicted octanol–water partition coefficient (Wildman–Crippen LogP) is 7.19. The molecule has 0 aromatic carbocycles. The molecule has 5 N–H and O–H groups in total. The molecule has 3 atom stereocenters. The second-order valence-corrected chi connectivity index (χ2v) is 11.3. The fourth-order valence-corrected chi connectivity index (χ4v) is 5.28. The van der Waals surface area contributed by atoms with E-state index < -0.39 is 30.5 Å². The molecule has 0 aliphatic rings. The van der Waals surface area contributed by atoms with Crippen LogP contribution in [-0.2, 0) is 0 Å².